The van der Waals surface area contributed by atoms with Gasteiger partial charge in [0.15, 0.2) is 5.92 Å². The standard InChI is InChI=1S/C16H22O4S/c1-3-19-15(17)14(16(18)20-4-2)10-11-21-12-13-8-6-5-7-9-13/h5-9,14H,3-4,10-12H2,1-2H3. The van der Waals surface area contributed by atoms with Gasteiger partial charge in [0.2, 0.25) is 0 Å². The van der Waals surface area contributed by atoms with Crippen LogP contribution in [0.2, 0.25) is 0 Å². The molecule has 116 valence electrons. The van der Waals surface area contributed by atoms with Crippen LogP contribution in [0, 0.1) is 5.92 Å². The third-order valence-corrected chi connectivity index (χ3v) is 3.87. The van der Waals surface area contributed by atoms with Gasteiger partial charge in [-0.15, -0.1) is 0 Å². The fourth-order valence-corrected chi connectivity index (χ4v) is 2.76. The number of carbonyl (C=O) groups is 2. The lowest BCUT2D eigenvalue weighted by Gasteiger charge is -2.14. The van der Waals surface area contributed by atoms with E-state index in [9.17, 15) is 9.59 Å². The minimum Gasteiger partial charge on any atom is -0.465 e. The molecule has 1 aromatic rings. The summed E-state index contributed by atoms with van der Waals surface area (Å²) in [4.78, 5) is 23.6. The Morgan fingerprint density at radius 1 is 1.05 bits per heavy atom. The number of thioether (sulfide) groups is 1. The highest BCUT2D eigenvalue weighted by atomic mass is 32.2. The zero-order valence-electron chi connectivity index (χ0n) is 12.5. The molecule has 5 heteroatoms. The van der Waals surface area contributed by atoms with Gasteiger partial charge in [-0.3, -0.25) is 9.59 Å². The number of hydrogen-bond acceptors (Lipinski definition) is 5. The highest BCUT2D eigenvalue weighted by molar-refractivity contribution is 7.98. The highest BCUT2D eigenvalue weighted by Gasteiger charge is 2.28. The summed E-state index contributed by atoms with van der Waals surface area (Å²) in [5.41, 5.74) is 1.23. The first-order valence-electron chi connectivity index (χ1n) is 7.14. The van der Waals surface area contributed by atoms with Gasteiger partial charge < -0.3 is 9.47 Å². The van der Waals surface area contributed by atoms with Crippen LogP contribution in [-0.4, -0.2) is 30.9 Å². The molecule has 0 saturated carbocycles. The summed E-state index contributed by atoms with van der Waals surface area (Å²) in [6.45, 7) is 3.99. The zero-order chi connectivity index (χ0) is 15.5. The summed E-state index contributed by atoms with van der Waals surface area (Å²) in [5, 5.41) is 0. The molecule has 0 atom stereocenters. The van der Waals surface area contributed by atoms with Crippen molar-refractivity contribution >= 4 is 23.7 Å². The molecule has 0 N–H and O–H groups in total. The van der Waals surface area contributed by atoms with E-state index in [4.69, 9.17) is 9.47 Å². The van der Waals surface area contributed by atoms with Gasteiger partial charge in [0.25, 0.3) is 0 Å². The number of carbonyl (C=O) groups excluding carboxylic acids is 2. The Bertz CT molecular complexity index is 415. The third-order valence-electron chi connectivity index (χ3n) is 2.80. The number of ether oxygens (including phenoxy) is 2. The maximum atomic E-state index is 11.8. The fourth-order valence-electron chi connectivity index (χ4n) is 1.78. The fraction of sp³-hybridized carbons (Fsp3) is 0.500. The van der Waals surface area contributed by atoms with Crippen LogP contribution in [0.5, 0.6) is 0 Å². The summed E-state index contributed by atoms with van der Waals surface area (Å²) < 4.78 is 9.88. The van der Waals surface area contributed by atoms with Gasteiger partial charge in [0.05, 0.1) is 13.2 Å². The van der Waals surface area contributed by atoms with Crippen LogP contribution < -0.4 is 0 Å². The first kappa shape index (κ1) is 17.6. The Kier molecular flexibility index (Phi) is 8.59. The molecule has 0 spiro atoms. The van der Waals surface area contributed by atoms with E-state index in [-0.39, 0.29) is 13.2 Å². The van der Waals surface area contributed by atoms with Gasteiger partial charge in [0, 0.05) is 5.75 Å². The Morgan fingerprint density at radius 3 is 2.14 bits per heavy atom. The van der Waals surface area contributed by atoms with Crippen LogP contribution in [0.3, 0.4) is 0 Å². The van der Waals surface area contributed by atoms with Crippen molar-refractivity contribution in [3.8, 4) is 0 Å². The molecule has 4 nitrogen and oxygen atoms in total. The van der Waals surface area contributed by atoms with Crippen molar-refractivity contribution < 1.29 is 19.1 Å². The van der Waals surface area contributed by atoms with Crippen LogP contribution in [-0.2, 0) is 24.8 Å². The van der Waals surface area contributed by atoms with E-state index in [2.05, 4.69) is 12.1 Å². The van der Waals surface area contributed by atoms with E-state index >= 15 is 0 Å². The summed E-state index contributed by atoms with van der Waals surface area (Å²) in [5.74, 6) is -0.225. The van der Waals surface area contributed by atoms with Gasteiger partial charge in [-0.1, -0.05) is 30.3 Å². The highest BCUT2D eigenvalue weighted by Crippen LogP contribution is 2.17. The summed E-state index contributed by atoms with van der Waals surface area (Å²) in [7, 11) is 0. The van der Waals surface area contributed by atoms with Crippen molar-refractivity contribution in [2.24, 2.45) is 5.92 Å². The quantitative estimate of drug-likeness (QED) is 0.398. The normalized spacial score (nSPS) is 10.4. The lowest BCUT2D eigenvalue weighted by molar-refractivity contribution is -0.161. The number of hydrogen-bond donors (Lipinski definition) is 0. The second-order valence-electron chi connectivity index (χ2n) is 4.38. The largest absolute Gasteiger partial charge is 0.465 e. The molecule has 0 aliphatic rings. The molecule has 0 aliphatic heterocycles. The molecule has 21 heavy (non-hydrogen) atoms. The smallest absolute Gasteiger partial charge is 0.320 e. The minimum atomic E-state index is -0.812. The zero-order valence-corrected chi connectivity index (χ0v) is 13.4. The summed E-state index contributed by atoms with van der Waals surface area (Å²) in [6, 6.07) is 10.1. The first-order valence-corrected chi connectivity index (χ1v) is 8.29. The van der Waals surface area contributed by atoms with Crippen molar-refractivity contribution in [2.75, 3.05) is 19.0 Å². The third kappa shape index (κ3) is 6.67. The summed E-state index contributed by atoms with van der Waals surface area (Å²) >= 11 is 1.69. The molecule has 0 saturated heterocycles. The second kappa shape index (κ2) is 10.3. The SMILES string of the molecule is CCOC(=O)C(CCSCc1ccccc1)C(=O)OCC. The molecule has 0 unspecified atom stereocenters. The maximum absolute atomic E-state index is 11.8. The number of rotatable bonds is 9. The lowest BCUT2D eigenvalue weighted by Crippen LogP contribution is -2.28. The average Bonchev–Trinajstić information content (AvgIpc) is 2.48. The topological polar surface area (TPSA) is 52.6 Å². The number of benzene rings is 1. The molecule has 0 aliphatic carbocycles. The van der Waals surface area contributed by atoms with Crippen molar-refractivity contribution in [3.63, 3.8) is 0 Å². The molecule has 1 rings (SSSR count). The van der Waals surface area contributed by atoms with Crippen LogP contribution in [0.4, 0.5) is 0 Å². The predicted octanol–water partition coefficient (Wildman–Crippen LogP) is 3.05. The van der Waals surface area contributed by atoms with Crippen molar-refractivity contribution in [2.45, 2.75) is 26.0 Å². The van der Waals surface area contributed by atoms with Gasteiger partial charge in [-0.05, 0) is 31.6 Å². The molecular weight excluding hydrogens is 288 g/mol. The van der Waals surface area contributed by atoms with Crippen LogP contribution in [0.1, 0.15) is 25.8 Å². The Labute approximate surface area is 130 Å². The predicted molar refractivity (Wildman–Crippen MR) is 84.0 cm³/mol. The molecule has 0 amide bonds. The van der Waals surface area contributed by atoms with Crippen molar-refractivity contribution in [1.82, 2.24) is 0 Å². The molecular formula is C16H22O4S. The minimum absolute atomic E-state index is 0.270. The van der Waals surface area contributed by atoms with Crippen LogP contribution in [0.25, 0.3) is 0 Å². The summed E-state index contributed by atoms with van der Waals surface area (Å²) in [6.07, 6.45) is 0.440. The van der Waals surface area contributed by atoms with Crippen molar-refractivity contribution in [1.29, 1.82) is 0 Å². The van der Waals surface area contributed by atoms with Gasteiger partial charge in [-0.25, -0.2) is 0 Å². The Balaban J connectivity index is 2.41. The molecule has 1 aromatic carbocycles. The van der Waals surface area contributed by atoms with E-state index in [0.29, 0.717) is 12.2 Å². The van der Waals surface area contributed by atoms with Gasteiger partial charge in [-0.2, -0.15) is 11.8 Å². The van der Waals surface area contributed by atoms with Crippen molar-refractivity contribution in [3.05, 3.63) is 35.9 Å². The Hall–Kier alpha value is -1.49. The van der Waals surface area contributed by atoms with Gasteiger partial charge in [0.1, 0.15) is 0 Å². The van der Waals surface area contributed by atoms with E-state index in [1.807, 2.05) is 18.2 Å². The van der Waals surface area contributed by atoms with E-state index in [0.717, 1.165) is 5.75 Å². The van der Waals surface area contributed by atoms with E-state index in [1.165, 1.54) is 5.56 Å². The monoisotopic (exact) mass is 310 g/mol. The number of esters is 2. The first-order chi connectivity index (χ1) is 10.2. The lowest BCUT2D eigenvalue weighted by atomic mass is 10.1. The molecule has 0 aromatic heterocycles. The van der Waals surface area contributed by atoms with Crippen LogP contribution >= 0.6 is 11.8 Å². The molecule has 0 bridgehead atoms. The average molecular weight is 310 g/mol. The second-order valence-corrected chi connectivity index (χ2v) is 5.49. The molecule has 0 radical (unpaired) electrons. The maximum Gasteiger partial charge on any atom is 0.320 e. The van der Waals surface area contributed by atoms with Gasteiger partial charge >= 0.3 is 11.9 Å². The van der Waals surface area contributed by atoms with E-state index < -0.39 is 17.9 Å². The molecule has 0 fully saturated rings. The van der Waals surface area contributed by atoms with E-state index in [1.54, 1.807) is 25.6 Å². The Morgan fingerprint density at radius 2 is 1.62 bits per heavy atom. The van der Waals surface area contributed by atoms with Crippen LogP contribution in [0.15, 0.2) is 30.3 Å². The molecule has 0 heterocycles.